The van der Waals surface area contributed by atoms with Crippen LogP contribution in [0.3, 0.4) is 0 Å². The van der Waals surface area contributed by atoms with E-state index < -0.39 is 6.10 Å². The number of carbonyl (C=O) groups excluding carboxylic acids is 2. The molecule has 1 unspecified atom stereocenters. The molecule has 5 nitrogen and oxygen atoms in total. The van der Waals surface area contributed by atoms with Crippen molar-refractivity contribution in [2.75, 3.05) is 13.2 Å². The first-order chi connectivity index (χ1) is 21.1. The highest BCUT2D eigenvalue weighted by molar-refractivity contribution is 5.70. The van der Waals surface area contributed by atoms with Crippen LogP contribution in [0.4, 0.5) is 0 Å². The lowest BCUT2D eigenvalue weighted by molar-refractivity contribution is -0.161. The molecule has 0 aromatic rings. The van der Waals surface area contributed by atoms with Crippen molar-refractivity contribution in [1.29, 1.82) is 0 Å². The van der Waals surface area contributed by atoms with Gasteiger partial charge >= 0.3 is 11.9 Å². The summed E-state index contributed by atoms with van der Waals surface area (Å²) in [7, 11) is 0. The van der Waals surface area contributed by atoms with Crippen LogP contribution in [0.2, 0.25) is 0 Å². The van der Waals surface area contributed by atoms with Crippen LogP contribution in [0.25, 0.3) is 0 Å². The van der Waals surface area contributed by atoms with Crippen molar-refractivity contribution in [1.82, 2.24) is 0 Å². The standard InChI is InChI=1S/C38H68O5/c1-3-5-7-9-11-12-13-14-15-16-17-18-19-20-21-22-23-24-25-26-27-29-31-33-38(41)43-36(34-39)35-42-37(40)32-30-28-10-8-6-4-2/h13-14,16-17,19-20,36,39H,3-12,15,18,21-35H2,1-2H3/b14-13-,17-16-,20-19-. The molecule has 0 aromatic heterocycles. The topological polar surface area (TPSA) is 72.8 Å². The van der Waals surface area contributed by atoms with Gasteiger partial charge in [-0.2, -0.15) is 0 Å². The molecule has 0 rings (SSSR count). The Balaban J connectivity index is 3.54. The zero-order valence-corrected chi connectivity index (χ0v) is 28.2. The summed E-state index contributed by atoms with van der Waals surface area (Å²) in [5.41, 5.74) is 0. The van der Waals surface area contributed by atoms with E-state index in [0.29, 0.717) is 12.8 Å². The van der Waals surface area contributed by atoms with E-state index >= 15 is 0 Å². The minimum absolute atomic E-state index is 0.0685. The predicted molar refractivity (Wildman–Crippen MR) is 182 cm³/mol. The SMILES string of the molecule is CCCCCCC/C=C\C/C=C\C/C=C\CCCCCCCCCCC(=O)OC(CO)COC(=O)CCCCCCCC. The van der Waals surface area contributed by atoms with Gasteiger partial charge in [0.1, 0.15) is 6.61 Å². The van der Waals surface area contributed by atoms with E-state index in [-0.39, 0.29) is 25.2 Å². The third-order valence-electron chi connectivity index (χ3n) is 7.69. The Morgan fingerprint density at radius 3 is 1.40 bits per heavy atom. The van der Waals surface area contributed by atoms with Gasteiger partial charge in [-0.3, -0.25) is 9.59 Å². The lowest BCUT2D eigenvalue weighted by Crippen LogP contribution is -2.28. The number of allylic oxidation sites excluding steroid dienone is 6. The smallest absolute Gasteiger partial charge is 0.306 e. The summed E-state index contributed by atoms with van der Waals surface area (Å²) in [5.74, 6) is -0.610. The number of hydrogen-bond donors (Lipinski definition) is 1. The summed E-state index contributed by atoms with van der Waals surface area (Å²) in [6.07, 6.45) is 40.8. The highest BCUT2D eigenvalue weighted by Crippen LogP contribution is 2.12. The second kappa shape index (κ2) is 34.6. The van der Waals surface area contributed by atoms with E-state index in [1.165, 1.54) is 96.3 Å². The second-order valence-electron chi connectivity index (χ2n) is 12.0. The number of ether oxygens (including phenoxy) is 2. The average molecular weight is 605 g/mol. The molecule has 5 heteroatoms. The maximum absolute atomic E-state index is 12.1. The monoisotopic (exact) mass is 605 g/mol. The lowest BCUT2D eigenvalue weighted by atomic mass is 10.1. The van der Waals surface area contributed by atoms with Gasteiger partial charge in [-0.1, -0.05) is 147 Å². The predicted octanol–water partition coefficient (Wildman–Crippen LogP) is 10.9. The van der Waals surface area contributed by atoms with Gasteiger partial charge in [-0.05, 0) is 51.4 Å². The molecular weight excluding hydrogens is 536 g/mol. The van der Waals surface area contributed by atoms with Gasteiger partial charge in [0.2, 0.25) is 0 Å². The van der Waals surface area contributed by atoms with Crippen LogP contribution in [0.1, 0.15) is 174 Å². The molecule has 1 atom stereocenters. The number of rotatable bonds is 32. The third kappa shape index (κ3) is 32.9. The highest BCUT2D eigenvalue weighted by atomic mass is 16.6. The number of unbranched alkanes of at least 4 members (excludes halogenated alkanes) is 18. The van der Waals surface area contributed by atoms with Crippen LogP contribution < -0.4 is 0 Å². The van der Waals surface area contributed by atoms with Crippen LogP contribution >= 0.6 is 0 Å². The minimum Gasteiger partial charge on any atom is -0.462 e. The molecule has 43 heavy (non-hydrogen) atoms. The quantitative estimate of drug-likeness (QED) is 0.0470. The van der Waals surface area contributed by atoms with Gasteiger partial charge in [0.25, 0.3) is 0 Å². The Kier molecular flexibility index (Phi) is 33.1. The fraction of sp³-hybridized carbons (Fsp3) is 0.789. The van der Waals surface area contributed by atoms with Crippen LogP contribution in [-0.2, 0) is 19.1 Å². The maximum atomic E-state index is 12.1. The van der Waals surface area contributed by atoms with Crippen LogP contribution in [0, 0.1) is 0 Å². The van der Waals surface area contributed by atoms with Crippen molar-refractivity contribution in [3.8, 4) is 0 Å². The molecule has 0 radical (unpaired) electrons. The molecule has 0 aliphatic rings. The Morgan fingerprint density at radius 1 is 0.535 bits per heavy atom. The van der Waals surface area contributed by atoms with E-state index in [9.17, 15) is 14.7 Å². The molecule has 0 aliphatic heterocycles. The van der Waals surface area contributed by atoms with Crippen molar-refractivity contribution < 1.29 is 24.2 Å². The van der Waals surface area contributed by atoms with Crippen molar-refractivity contribution in [2.45, 2.75) is 180 Å². The Morgan fingerprint density at radius 2 is 0.930 bits per heavy atom. The summed E-state index contributed by atoms with van der Waals surface area (Å²) in [6.45, 7) is 4.04. The number of aliphatic hydroxyl groups excluding tert-OH is 1. The number of carbonyl (C=O) groups is 2. The third-order valence-corrected chi connectivity index (χ3v) is 7.69. The number of aliphatic hydroxyl groups is 1. The van der Waals surface area contributed by atoms with Crippen molar-refractivity contribution in [2.24, 2.45) is 0 Å². The van der Waals surface area contributed by atoms with E-state index in [1.807, 2.05) is 0 Å². The summed E-state index contributed by atoms with van der Waals surface area (Å²) in [5, 5.41) is 9.46. The molecule has 0 fully saturated rings. The highest BCUT2D eigenvalue weighted by Gasteiger charge is 2.16. The summed E-state index contributed by atoms with van der Waals surface area (Å²) in [6, 6.07) is 0. The molecule has 0 spiro atoms. The van der Waals surface area contributed by atoms with Crippen molar-refractivity contribution >= 4 is 11.9 Å². The maximum Gasteiger partial charge on any atom is 0.306 e. The zero-order valence-electron chi connectivity index (χ0n) is 28.2. The molecule has 0 aromatic carbocycles. The molecule has 0 aliphatic carbocycles. The summed E-state index contributed by atoms with van der Waals surface area (Å²) >= 11 is 0. The molecule has 250 valence electrons. The average Bonchev–Trinajstić information content (AvgIpc) is 3.01. The first-order valence-corrected chi connectivity index (χ1v) is 18.0. The van der Waals surface area contributed by atoms with Crippen molar-refractivity contribution in [3.63, 3.8) is 0 Å². The van der Waals surface area contributed by atoms with Gasteiger partial charge < -0.3 is 14.6 Å². The molecule has 0 saturated heterocycles. The van der Waals surface area contributed by atoms with Crippen LogP contribution in [0.15, 0.2) is 36.5 Å². The minimum atomic E-state index is -0.769. The van der Waals surface area contributed by atoms with Gasteiger partial charge in [0, 0.05) is 12.8 Å². The fourth-order valence-corrected chi connectivity index (χ4v) is 4.91. The largest absolute Gasteiger partial charge is 0.462 e. The van der Waals surface area contributed by atoms with Crippen molar-refractivity contribution in [3.05, 3.63) is 36.5 Å². The van der Waals surface area contributed by atoms with E-state index in [1.54, 1.807) is 0 Å². The lowest BCUT2D eigenvalue weighted by Gasteiger charge is -2.15. The first-order valence-electron chi connectivity index (χ1n) is 18.0. The molecule has 1 N–H and O–H groups in total. The number of hydrogen-bond acceptors (Lipinski definition) is 5. The van der Waals surface area contributed by atoms with Gasteiger partial charge in [-0.15, -0.1) is 0 Å². The fourth-order valence-electron chi connectivity index (χ4n) is 4.91. The van der Waals surface area contributed by atoms with Gasteiger partial charge in [0.15, 0.2) is 6.10 Å². The normalized spacial score (nSPS) is 12.5. The van der Waals surface area contributed by atoms with E-state index in [0.717, 1.165) is 51.4 Å². The van der Waals surface area contributed by atoms with Gasteiger partial charge in [-0.25, -0.2) is 0 Å². The molecule has 0 heterocycles. The molecule has 0 bridgehead atoms. The molecular formula is C38H68O5. The van der Waals surface area contributed by atoms with E-state index in [4.69, 9.17) is 9.47 Å². The Hall–Kier alpha value is -1.88. The van der Waals surface area contributed by atoms with Gasteiger partial charge in [0.05, 0.1) is 6.61 Å². The van der Waals surface area contributed by atoms with Crippen LogP contribution in [-0.4, -0.2) is 36.4 Å². The Bertz CT molecular complexity index is 696. The number of esters is 2. The molecule has 0 amide bonds. The summed E-state index contributed by atoms with van der Waals surface area (Å²) < 4.78 is 10.5. The summed E-state index contributed by atoms with van der Waals surface area (Å²) in [4.78, 5) is 24.0. The molecule has 0 saturated carbocycles. The Labute approximate surface area is 266 Å². The zero-order chi connectivity index (χ0) is 31.5. The van der Waals surface area contributed by atoms with Crippen LogP contribution in [0.5, 0.6) is 0 Å². The van der Waals surface area contributed by atoms with E-state index in [2.05, 4.69) is 50.3 Å². The second-order valence-corrected chi connectivity index (χ2v) is 12.0. The first kappa shape index (κ1) is 41.1.